The Morgan fingerprint density at radius 3 is 2.52 bits per heavy atom. The number of fused-ring (bicyclic) bond motifs is 1. The Labute approximate surface area is 137 Å². The number of rotatable bonds is 4. The standard InChI is InChI=1S/C19H26N2O2/c1-19(2,13-22)18(21-11-9-20-10-12-21)17-15-6-4-3-5-14(15)7-8-16(17)23/h3-8,18,20,22-23H,9-13H2,1-2H3/t18-/m0/s1. The highest BCUT2D eigenvalue weighted by molar-refractivity contribution is 5.88. The predicted molar refractivity (Wildman–Crippen MR) is 93.7 cm³/mol. The van der Waals surface area contributed by atoms with Crippen molar-refractivity contribution >= 4 is 10.8 Å². The van der Waals surface area contributed by atoms with Crippen LogP contribution in [-0.4, -0.2) is 47.9 Å². The number of nitrogens with zero attached hydrogens (tertiary/aromatic N) is 1. The van der Waals surface area contributed by atoms with Crippen LogP contribution in [0.5, 0.6) is 5.75 Å². The van der Waals surface area contributed by atoms with Gasteiger partial charge >= 0.3 is 0 Å². The van der Waals surface area contributed by atoms with Crippen LogP contribution in [0.4, 0.5) is 0 Å². The maximum absolute atomic E-state index is 10.6. The van der Waals surface area contributed by atoms with E-state index < -0.39 is 0 Å². The number of piperazine rings is 1. The van der Waals surface area contributed by atoms with Gasteiger partial charge in [0, 0.05) is 49.8 Å². The van der Waals surface area contributed by atoms with E-state index in [1.807, 2.05) is 18.2 Å². The molecular formula is C19H26N2O2. The van der Waals surface area contributed by atoms with Crippen molar-refractivity contribution in [3.8, 4) is 5.75 Å². The van der Waals surface area contributed by atoms with Gasteiger partial charge in [0.1, 0.15) is 5.75 Å². The van der Waals surface area contributed by atoms with Gasteiger partial charge in [-0.15, -0.1) is 0 Å². The molecule has 124 valence electrons. The highest BCUT2D eigenvalue weighted by atomic mass is 16.3. The summed E-state index contributed by atoms with van der Waals surface area (Å²) in [4.78, 5) is 2.38. The topological polar surface area (TPSA) is 55.7 Å². The third kappa shape index (κ3) is 3.07. The van der Waals surface area contributed by atoms with E-state index in [0.717, 1.165) is 42.5 Å². The predicted octanol–water partition coefficient (Wildman–Crippen LogP) is 2.51. The summed E-state index contributed by atoms with van der Waals surface area (Å²) in [7, 11) is 0. The van der Waals surface area contributed by atoms with Gasteiger partial charge < -0.3 is 15.5 Å². The van der Waals surface area contributed by atoms with Gasteiger partial charge in [-0.3, -0.25) is 4.90 Å². The molecule has 0 aliphatic carbocycles. The minimum absolute atomic E-state index is 0.0271. The van der Waals surface area contributed by atoms with E-state index >= 15 is 0 Å². The van der Waals surface area contributed by atoms with Crippen LogP contribution >= 0.6 is 0 Å². The Morgan fingerprint density at radius 1 is 1.13 bits per heavy atom. The lowest BCUT2D eigenvalue weighted by Crippen LogP contribution is -2.49. The quantitative estimate of drug-likeness (QED) is 0.812. The van der Waals surface area contributed by atoms with Crippen LogP contribution in [0.2, 0.25) is 0 Å². The molecule has 2 aromatic carbocycles. The van der Waals surface area contributed by atoms with Gasteiger partial charge in [0.25, 0.3) is 0 Å². The zero-order valence-corrected chi connectivity index (χ0v) is 13.9. The number of aliphatic hydroxyl groups is 1. The lowest BCUT2D eigenvalue weighted by Gasteiger charge is -2.44. The molecule has 2 aromatic rings. The van der Waals surface area contributed by atoms with Crippen molar-refractivity contribution in [3.63, 3.8) is 0 Å². The summed E-state index contributed by atoms with van der Waals surface area (Å²) in [6.07, 6.45) is 0. The minimum atomic E-state index is -0.348. The Morgan fingerprint density at radius 2 is 1.83 bits per heavy atom. The number of aromatic hydroxyl groups is 1. The molecule has 3 rings (SSSR count). The minimum Gasteiger partial charge on any atom is -0.508 e. The fourth-order valence-electron chi connectivity index (χ4n) is 3.67. The largest absolute Gasteiger partial charge is 0.508 e. The third-order valence-electron chi connectivity index (χ3n) is 4.89. The van der Waals surface area contributed by atoms with Crippen molar-refractivity contribution < 1.29 is 10.2 Å². The zero-order valence-electron chi connectivity index (χ0n) is 13.9. The summed E-state index contributed by atoms with van der Waals surface area (Å²) in [6.45, 7) is 7.91. The smallest absolute Gasteiger partial charge is 0.121 e. The number of nitrogens with one attached hydrogen (secondary N) is 1. The number of aliphatic hydroxyl groups excluding tert-OH is 1. The van der Waals surface area contributed by atoms with Crippen molar-refractivity contribution in [1.29, 1.82) is 0 Å². The number of phenolic OH excluding ortho intramolecular Hbond substituents is 1. The fourth-order valence-corrected chi connectivity index (χ4v) is 3.67. The number of hydrogen-bond acceptors (Lipinski definition) is 4. The molecule has 1 aliphatic heterocycles. The van der Waals surface area contributed by atoms with Crippen LogP contribution in [0.15, 0.2) is 36.4 Å². The molecular weight excluding hydrogens is 288 g/mol. The fraction of sp³-hybridized carbons (Fsp3) is 0.474. The second kappa shape index (κ2) is 6.48. The van der Waals surface area contributed by atoms with Crippen molar-refractivity contribution in [2.75, 3.05) is 32.8 Å². The maximum Gasteiger partial charge on any atom is 0.121 e. The molecule has 1 saturated heterocycles. The molecule has 0 bridgehead atoms. The molecule has 0 aromatic heterocycles. The SMILES string of the molecule is CC(C)(CO)[C@H](c1c(O)ccc2ccccc12)N1CCNCC1. The van der Waals surface area contributed by atoms with Gasteiger partial charge in [0.2, 0.25) is 0 Å². The molecule has 0 radical (unpaired) electrons. The van der Waals surface area contributed by atoms with E-state index in [2.05, 4.69) is 36.2 Å². The summed E-state index contributed by atoms with van der Waals surface area (Å²) in [5, 5.41) is 26.2. The summed E-state index contributed by atoms with van der Waals surface area (Å²) in [5.74, 6) is 0.314. The molecule has 4 heteroatoms. The molecule has 0 spiro atoms. The van der Waals surface area contributed by atoms with Crippen LogP contribution in [0, 0.1) is 5.41 Å². The summed E-state index contributed by atoms with van der Waals surface area (Å²) >= 11 is 0. The van der Waals surface area contributed by atoms with E-state index in [4.69, 9.17) is 0 Å². The van der Waals surface area contributed by atoms with Crippen molar-refractivity contribution in [1.82, 2.24) is 10.2 Å². The number of benzene rings is 2. The average Bonchev–Trinajstić information content (AvgIpc) is 2.58. The van der Waals surface area contributed by atoms with Crippen LogP contribution in [0.25, 0.3) is 10.8 Å². The van der Waals surface area contributed by atoms with Crippen LogP contribution in [-0.2, 0) is 0 Å². The molecule has 0 saturated carbocycles. The van der Waals surface area contributed by atoms with Gasteiger partial charge in [-0.25, -0.2) is 0 Å². The first kappa shape index (κ1) is 16.2. The maximum atomic E-state index is 10.6. The lowest BCUT2D eigenvalue weighted by molar-refractivity contribution is 0.0301. The van der Waals surface area contributed by atoms with E-state index in [0.29, 0.717) is 5.75 Å². The summed E-state index contributed by atoms with van der Waals surface area (Å²) in [6, 6.07) is 11.9. The second-order valence-electron chi connectivity index (χ2n) is 7.05. The molecule has 3 N–H and O–H groups in total. The van der Waals surface area contributed by atoms with E-state index in [9.17, 15) is 10.2 Å². The van der Waals surface area contributed by atoms with Gasteiger partial charge in [-0.1, -0.05) is 44.2 Å². The first-order chi connectivity index (χ1) is 11.0. The van der Waals surface area contributed by atoms with Crippen LogP contribution in [0.1, 0.15) is 25.5 Å². The Balaban J connectivity index is 2.18. The second-order valence-corrected chi connectivity index (χ2v) is 7.05. The Bertz CT molecular complexity index is 678. The number of hydrogen-bond donors (Lipinski definition) is 3. The average molecular weight is 314 g/mol. The molecule has 1 fully saturated rings. The zero-order chi connectivity index (χ0) is 16.4. The lowest BCUT2D eigenvalue weighted by atomic mass is 9.78. The van der Waals surface area contributed by atoms with E-state index in [-0.39, 0.29) is 18.1 Å². The van der Waals surface area contributed by atoms with Gasteiger partial charge in [0.05, 0.1) is 0 Å². The number of phenols is 1. The molecule has 0 unspecified atom stereocenters. The van der Waals surface area contributed by atoms with E-state index in [1.165, 1.54) is 0 Å². The highest BCUT2D eigenvalue weighted by Crippen LogP contribution is 2.44. The normalized spacial score (nSPS) is 18.2. The molecule has 1 atom stereocenters. The Kier molecular flexibility index (Phi) is 4.57. The van der Waals surface area contributed by atoms with E-state index in [1.54, 1.807) is 6.07 Å². The first-order valence-corrected chi connectivity index (χ1v) is 8.31. The molecule has 1 aliphatic rings. The Hall–Kier alpha value is -1.62. The first-order valence-electron chi connectivity index (χ1n) is 8.31. The van der Waals surface area contributed by atoms with Crippen LogP contribution in [0.3, 0.4) is 0 Å². The molecule has 1 heterocycles. The highest BCUT2D eigenvalue weighted by Gasteiger charge is 2.38. The third-order valence-corrected chi connectivity index (χ3v) is 4.89. The molecule has 23 heavy (non-hydrogen) atoms. The van der Waals surface area contributed by atoms with Gasteiger partial charge in [-0.2, -0.15) is 0 Å². The van der Waals surface area contributed by atoms with Crippen LogP contribution < -0.4 is 5.32 Å². The van der Waals surface area contributed by atoms with Crippen molar-refractivity contribution in [2.24, 2.45) is 5.41 Å². The molecule has 0 amide bonds. The van der Waals surface area contributed by atoms with Gasteiger partial charge in [0.15, 0.2) is 0 Å². The molecule has 4 nitrogen and oxygen atoms in total. The summed E-state index contributed by atoms with van der Waals surface area (Å²) < 4.78 is 0. The van der Waals surface area contributed by atoms with Crippen molar-refractivity contribution in [2.45, 2.75) is 19.9 Å². The monoisotopic (exact) mass is 314 g/mol. The van der Waals surface area contributed by atoms with Crippen molar-refractivity contribution in [3.05, 3.63) is 42.0 Å². The van der Waals surface area contributed by atoms with Gasteiger partial charge in [-0.05, 0) is 16.8 Å². The summed E-state index contributed by atoms with van der Waals surface area (Å²) in [5.41, 5.74) is 0.586.